The van der Waals surface area contributed by atoms with Crippen LogP contribution in [0.25, 0.3) is 0 Å². The van der Waals surface area contributed by atoms with E-state index in [9.17, 15) is 4.79 Å². The van der Waals surface area contributed by atoms with Crippen molar-refractivity contribution >= 4 is 17.7 Å². The zero-order valence-corrected chi connectivity index (χ0v) is 16.7. The molecule has 0 N–H and O–H groups in total. The standard InChI is InChI=1S/C20H28N4OS/c1-15-9-11-18(12-10-15)23(3)19(25)14-26-20-22-21-16(2)24(20)13-17-7-5-4-6-8-17/h4-8,15,18H,9-14H2,1-3H3. The summed E-state index contributed by atoms with van der Waals surface area (Å²) in [6.45, 7) is 4.99. The Morgan fingerprint density at radius 2 is 1.88 bits per heavy atom. The Morgan fingerprint density at radius 1 is 1.19 bits per heavy atom. The van der Waals surface area contributed by atoms with Crippen LogP contribution in [0.15, 0.2) is 35.5 Å². The molecule has 1 heterocycles. The third-order valence-electron chi connectivity index (χ3n) is 5.34. The lowest BCUT2D eigenvalue weighted by Gasteiger charge is -2.33. The van der Waals surface area contributed by atoms with Gasteiger partial charge >= 0.3 is 0 Å². The van der Waals surface area contributed by atoms with E-state index in [4.69, 9.17) is 0 Å². The molecule has 2 aromatic rings. The van der Waals surface area contributed by atoms with Crippen LogP contribution in [0.3, 0.4) is 0 Å². The maximum Gasteiger partial charge on any atom is 0.233 e. The fraction of sp³-hybridized carbons (Fsp3) is 0.550. The Labute approximate surface area is 160 Å². The van der Waals surface area contributed by atoms with Crippen LogP contribution in [0.5, 0.6) is 0 Å². The first kappa shape index (κ1) is 19.0. The van der Waals surface area contributed by atoms with Crippen molar-refractivity contribution in [3.8, 4) is 0 Å². The normalized spacial score (nSPS) is 20.1. The van der Waals surface area contributed by atoms with Gasteiger partial charge in [-0.15, -0.1) is 10.2 Å². The maximum atomic E-state index is 12.6. The molecule has 1 aromatic heterocycles. The number of aryl methyl sites for hydroxylation is 1. The van der Waals surface area contributed by atoms with Crippen LogP contribution < -0.4 is 0 Å². The highest BCUT2D eigenvalue weighted by atomic mass is 32.2. The first-order valence-corrected chi connectivity index (χ1v) is 10.4. The zero-order valence-electron chi connectivity index (χ0n) is 15.9. The van der Waals surface area contributed by atoms with Gasteiger partial charge < -0.3 is 9.47 Å². The summed E-state index contributed by atoms with van der Waals surface area (Å²) in [6, 6.07) is 10.7. The van der Waals surface area contributed by atoms with Crippen LogP contribution in [-0.2, 0) is 11.3 Å². The topological polar surface area (TPSA) is 51.0 Å². The lowest BCUT2D eigenvalue weighted by Crippen LogP contribution is -2.40. The van der Waals surface area contributed by atoms with Gasteiger partial charge in [0.1, 0.15) is 5.82 Å². The van der Waals surface area contributed by atoms with Gasteiger partial charge in [-0.1, -0.05) is 49.0 Å². The molecule has 0 aliphatic heterocycles. The molecule has 1 fully saturated rings. The van der Waals surface area contributed by atoms with E-state index >= 15 is 0 Å². The van der Waals surface area contributed by atoms with Crippen molar-refractivity contribution in [3.05, 3.63) is 41.7 Å². The molecule has 1 amide bonds. The second-order valence-corrected chi connectivity index (χ2v) is 8.25. The van der Waals surface area contributed by atoms with Gasteiger partial charge in [-0.2, -0.15) is 0 Å². The number of rotatable bonds is 6. The van der Waals surface area contributed by atoms with Gasteiger partial charge in [0.25, 0.3) is 0 Å². The third kappa shape index (κ3) is 4.67. The molecule has 0 spiro atoms. The number of aromatic nitrogens is 3. The van der Waals surface area contributed by atoms with Crippen LogP contribution in [-0.4, -0.2) is 44.4 Å². The summed E-state index contributed by atoms with van der Waals surface area (Å²) in [5.74, 6) is 2.26. The predicted octanol–water partition coefficient (Wildman–Crippen LogP) is 3.76. The van der Waals surface area contributed by atoms with E-state index in [2.05, 4.69) is 33.8 Å². The molecule has 26 heavy (non-hydrogen) atoms. The molecular weight excluding hydrogens is 344 g/mol. The lowest BCUT2D eigenvalue weighted by atomic mass is 9.87. The van der Waals surface area contributed by atoms with Crippen molar-refractivity contribution < 1.29 is 4.79 Å². The van der Waals surface area contributed by atoms with Crippen LogP contribution in [0.1, 0.15) is 44.0 Å². The minimum atomic E-state index is 0.182. The minimum absolute atomic E-state index is 0.182. The van der Waals surface area contributed by atoms with Crippen LogP contribution in [0, 0.1) is 12.8 Å². The van der Waals surface area contributed by atoms with Crippen molar-refractivity contribution in [2.45, 2.75) is 57.3 Å². The smallest absolute Gasteiger partial charge is 0.233 e. The molecule has 6 heteroatoms. The second kappa shape index (κ2) is 8.71. The predicted molar refractivity (Wildman–Crippen MR) is 105 cm³/mol. The second-order valence-electron chi connectivity index (χ2n) is 7.31. The Morgan fingerprint density at radius 3 is 2.58 bits per heavy atom. The molecule has 140 valence electrons. The van der Waals surface area contributed by atoms with Crippen molar-refractivity contribution in [1.29, 1.82) is 0 Å². The molecule has 5 nitrogen and oxygen atoms in total. The molecule has 3 rings (SSSR count). The molecule has 0 radical (unpaired) electrons. The molecule has 1 saturated carbocycles. The summed E-state index contributed by atoms with van der Waals surface area (Å²) in [7, 11) is 1.95. The highest BCUT2D eigenvalue weighted by Gasteiger charge is 2.25. The van der Waals surface area contributed by atoms with Gasteiger partial charge in [0.2, 0.25) is 5.91 Å². The number of nitrogens with zero attached hydrogens (tertiary/aromatic N) is 4. The van der Waals surface area contributed by atoms with Gasteiger partial charge in [0, 0.05) is 13.1 Å². The zero-order chi connectivity index (χ0) is 18.5. The van der Waals surface area contributed by atoms with E-state index < -0.39 is 0 Å². The average Bonchev–Trinajstić information content (AvgIpc) is 3.00. The van der Waals surface area contributed by atoms with E-state index in [0.717, 1.165) is 36.3 Å². The van der Waals surface area contributed by atoms with Crippen molar-refractivity contribution in [2.24, 2.45) is 5.92 Å². The van der Waals surface area contributed by atoms with E-state index in [1.807, 2.05) is 37.1 Å². The van der Waals surface area contributed by atoms with E-state index in [0.29, 0.717) is 11.8 Å². The number of hydrogen-bond donors (Lipinski definition) is 0. The number of thioether (sulfide) groups is 1. The molecule has 1 aromatic carbocycles. The summed E-state index contributed by atoms with van der Waals surface area (Å²) in [5, 5.41) is 9.28. The Balaban J connectivity index is 1.58. The summed E-state index contributed by atoms with van der Waals surface area (Å²) in [6.07, 6.45) is 4.69. The van der Waals surface area contributed by atoms with Gasteiger partial charge in [0.15, 0.2) is 5.16 Å². The lowest BCUT2D eigenvalue weighted by molar-refractivity contribution is -0.129. The SMILES string of the molecule is Cc1nnc(SCC(=O)N(C)C2CCC(C)CC2)n1Cc1ccccc1. The molecule has 0 bridgehead atoms. The van der Waals surface area contributed by atoms with Crippen molar-refractivity contribution in [3.63, 3.8) is 0 Å². The van der Waals surface area contributed by atoms with Gasteiger partial charge in [-0.3, -0.25) is 4.79 Å². The number of carbonyl (C=O) groups is 1. The Hall–Kier alpha value is -1.82. The number of hydrogen-bond acceptors (Lipinski definition) is 4. The fourth-order valence-electron chi connectivity index (χ4n) is 3.48. The van der Waals surface area contributed by atoms with Crippen LogP contribution >= 0.6 is 11.8 Å². The number of benzene rings is 1. The summed E-state index contributed by atoms with van der Waals surface area (Å²) < 4.78 is 2.08. The quantitative estimate of drug-likeness (QED) is 0.725. The van der Waals surface area contributed by atoms with E-state index in [1.165, 1.54) is 30.2 Å². The highest BCUT2D eigenvalue weighted by molar-refractivity contribution is 7.99. The summed E-state index contributed by atoms with van der Waals surface area (Å²) in [5.41, 5.74) is 1.21. The third-order valence-corrected chi connectivity index (χ3v) is 6.29. The van der Waals surface area contributed by atoms with Crippen molar-refractivity contribution in [1.82, 2.24) is 19.7 Å². The van der Waals surface area contributed by atoms with Crippen LogP contribution in [0.4, 0.5) is 0 Å². The Kier molecular flexibility index (Phi) is 6.35. The molecule has 1 aliphatic carbocycles. The average molecular weight is 373 g/mol. The van der Waals surface area contributed by atoms with Gasteiger partial charge in [-0.05, 0) is 44.1 Å². The molecule has 1 aliphatic rings. The molecule has 0 unspecified atom stereocenters. The van der Waals surface area contributed by atoms with Gasteiger partial charge in [0.05, 0.1) is 12.3 Å². The van der Waals surface area contributed by atoms with Gasteiger partial charge in [-0.25, -0.2) is 0 Å². The van der Waals surface area contributed by atoms with Crippen molar-refractivity contribution in [2.75, 3.05) is 12.8 Å². The Bertz CT molecular complexity index is 723. The largest absolute Gasteiger partial charge is 0.342 e. The number of amides is 1. The van der Waals surface area contributed by atoms with E-state index in [-0.39, 0.29) is 5.91 Å². The summed E-state index contributed by atoms with van der Waals surface area (Å²) in [4.78, 5) is 14.6. The van der Waals surface area contributed by atoms with Crippen LogP contribution in [0.2, 0.25) is 0 Å². The number of carbonyl (C=O) groups excluding carboxylic acids is 1. The minimum Gasteiger partial charge on any atom is -0.342 e. The van der Waals surface area contributed by atoms with E-state index in [1.54, 1.807) is 0 Å². The first-order chi connectivity index (χ1) is 12.5. The highest BCUT2D eigenvalue weighted by Crippen LogP contribution is 2.27. The molecular formula is C20H28N4OS. The summed E-state index contributed by atoms with van der Waals surface area (Å²) >= 11 is 1.49. The first-order valence-electron chi connectivity index (χ1n) is 9.36. The monoisotopic (exact) mass is 372 g/mol. The fourth-order valence-corrected chi connectivity index (χ4v) is 4.39. The molecule has 0 saturated heterocycles. The molecule has 0 atom stereocenters. The maximum absolute atomic E-state index is 12.6.